The molecule has 1 fully saturated rings. The van der Waals surface area contributed by atoms with Gasteiger partial charge in [0.2, 0.25) is 0 Å². The minimum atomic E-state index is -0.534. The van der Waals surface area contributed by atoms with Gasteiger partial charge in [-0.3, -0.25) is 34.8 Å². The van der Waals surface area contributed by atoms with E-state index in [0.717, 1.165) is 22.7 Å². The van der Waals surface area contributed by atoms with Crippen LogP contribution < -0.4 is 10.9 Å². The number of H-pyrrole nitrogens is 2. The summed E-state index contributed by atoms with van der Waals surface area (Å²) in [5, 5.41) is 8.91. The number of hydrogen-bond acceptors (Lipinski definition) is 7. The van der Waals surface area contributed by atoms with E-state index >= 15 is 0 Å². The second-order valence-electron chi connectivity index (χ2n) is 7.79. The van der Waals surface area contributed by atoms with Gasteiger partial charge in [-0.05, 0) is 25.8 Å². The van der Waals surface area contributed by atoms with Crippen molar-refractivity contribution in [2.75, 3.05) is 6.54 Å². The number of rotatable bonds is 7. The first-order valence-corrected chi connectivity index (χ1v) is 9.99. The molecule has 9 nitrogen and oxygen atoms in total. The number of nitrogens with zero attached hydrogens (tertiary/aromatic N) is 5. The van der Waals surface area contributed by atoms with E-state index < -0.39 is 5.54 Å². The molecule has 30 heavy (non-hydrogen) atoms. The second kappa shape index (κ2) is 7.42. The third kappa shape index (κ3) is 3.59. The zero-order valence-corrected chi connectivity index (χ0v) is 16.6. The van der Waals surface area contributed by atoms with Crippen molar-refractivity contribution in [1.82, 2.24) is 35.5 Å². The van der Waals surface area contributed by atoms with Gasteiger partial charge in [0.05, 0.1) is 34.4 Å². The molecule has 0 spiro atoms. The first-order chi connectivity index (χ1) is 14.6. The van der Waals surface area contributed by atoms with Gasteiger partial charge >= 0.3 is 0 Å². The highest BCUT2D eigenvalue weighted by Gasteiger charge is 2.37. The van der Waals surface area contributed by atoms with Gasteiger partial charge in [-0.1, -0.05) is 0 Å². The number of aliphatic imine (C=N–C) groups is 1. The topological polar surface area (TPSA) is 125 Å². The third-order valence-corrected chi connectivity index (χ3v) is 5.46. The van der Waals surface area contributed by atoms with Crippen LogP contribution in [0.3, 0.4) is 0 Å². The van der Waals surface area contributed by atoms with Crippen LogP contribution in [-0.2, 0) is 6.42 Å². The Bertz CT molecular complexity index is 1170. The van der Waals surface area contributed by atoms with Gasteiger partial charge in [0.15, 0.2) is 0 Å². The van der Waals surface area contributed by atoms with Crippen molar-refractivity contribution in [2.45, 2.75) is 37.8 Å². The zero-order valence-electron chi connectivity index (χ0n) is 16.6. The summed E-state index contributed by atoms with van der Waals surface area (Å²) in [6.07, 6.45) is 15.0. The smallest absolute Gasteiger partial charge is 0.273 e. The Hall–Kier alpha value is -3.46. The Balaban J connectivity index is 1.55. The van der Waals surface area contributed by atoms with E-state index in [2.05, 4.69) is 41.5 Å². The summed E-state index contributed by atoms with van der Waals surface area (Å²) in [4.78, 5) is 34.9. The molecule has 0 saturated heterocycles. The molecule has 3 aromatic rings. The molecule has 0 aromatic carbocycles. The van der Waals surface area contributed by atoms with E-state index in [4.69, 9.17) is 4.99 Å². The van der Waals surface area contributed by atoms with E-state index in [1.54, 1.807) is 37.2 Å². The van der Waals surface area contributed by atoms with Crippen molar-refractivity contribution < 1.29 is 0 Å². The van der Waals surface area contributed by atoms with Gasteiger partial charge in [-0.25, -0.2) is 0 Å². The highest BCUT2D eigenvalue weighted by Crippen LogP contribution is 2.34. The fourth-order valence-electron chi connectivity index (χ4n) is 3.84. The maximum Gasteiger partial charge on any atom is 0.273 e. The van der Waals surface area contributed by atoms with Crippen LogP contribution in [0.1, 0.15) is 31.2 Å². The largest absolute Gasteiger partial charge is 0.311 e. The molecule has 1 aliphatic carbocycles. The molecule has 1 saturated carbocycles. The van der Waals surface area contributed by atoms with Gasteiger partial charge < -0.3 is 10.4 Å². The number of aromatic amines is 2. The summed E-state index contributed by atoms with van der Waals surface area (Å²) in [6, 6.07) is 0.542. The normalized spacial score (nSPS) is 20.8. The van der Waals surface area contributed by atoms with E-state index in [-0.39, 0.29) is 5.56 Å². The first-order valence-electron chi connectivity index (χ1n) is 9.99. The van der Waals surface area contributed by atoms with Gasteiger partial charge in [0.25, 0.3) is 5.56 Å². The number of hydrogen-bond donors (Lipinski definition) is 3. The van der Waals surface area contributed by atoms with Gasteiger partial charge in [-0.2, -0.15) is 0 Å². The molecule has 2 aliphatic rings. The fraction of sp³-hybridized carbons (Fsp3) is 0.333. The summed E-state index contributed by atoms with van der Waals surface area (Å²) in [7, 11) is 0. The maximum atomic E-state index is 12.2. The lowest BCUT2D eigenvalue weighted by Gasteiger charge is -2.25. The van der Waals surface area contributed by atoms with Crippen molar-refractivity contribution in [3.63, 3.8) is 0 Å². The summed E-state index contributed by atoms with van der Waals surface area (Å²) in [6.45, 7) is 2.67. The molecule has 1 unspecified atom stereocenters. The fourth-order valence-corrected chi connectivity index (χ4v) is 3.84. The number of aromatic nitrogens is 6. The van der Waals surface area contributed by atoms with Gasteiger partial charge in [-0.15, -0.1) is 0 Å². The third-order valence-electron chi connectivity index (χ3n) is 5.46. The predicted octanol–water partition coefficient (Wildman–Crippen LogP) is 1.54. The Morgan fingerprint density at radius 2 is 2.00 bits per heavy atom. The maximum absolute atomic E-state index is 12.2. The van der Waals surface area contributed by atoms with Crippen LogP contribution in [0.15, 0.2) is 53.0 Å². The second-order valence-corrected chi connectivity index (χ2v) is 7.79. The van der Waals surface area contributed by atoms with Crippen LogP contribution >= 0.6 is 0 Å². The highest BCUT2D eigenvalue weighted by atomic mass is 16.1. The summed E-state index contributed by atoms with van der Waals surface area (Å²) >= 11 is 0. The molecule has 0 bridgehead atoms. The lowest BCUT2D eigenvalue weighted by molar-refractivity contribution is 0.475. The minimum absolute atomic E-state index is 0.219. The highest BCUT2D eigenvalue weighted by molar-refractivity contribution is 6.24. The van der Waals surface area contributed by atoms with Crippen LogP contribution in [0.4, 0.5) is 0 Å². The molecule has 3 N–H and O–H groups in total. The molecular formula is C21H22N8O. The Kier molecular flexibility index (Phi) is 4.59. The molecule has 1 atom stereocenters. The van der Waals surface area contributed by atoms with Crippen molar-refractivity contribution in [3.8, 4) is 11.3 Å². The summed E-state index contributed by atoms with van der Waals surface area (Å²) in [5.74, 6) is 0. The summed E-state index contributed by atoms with van der Waals surface area (Å²) < 4.78 is 0. The van der Waals surface area contributed by atoms with Crippen molar-refractivity contribution in [1.29, 1.82) is 0 Å². The van der Waals surface area contributed by atoms with E-state index in [1.807, 2.05) is 6.92 Å². The van der Waals surface area contributed by atoms with Crippen molar-refractivity contribution in [3.05, 3.63) is 65.0 Å². The van der Waals surface area contributed by atoms with Crippen molar-refractivity contribution in [2.24, 2.45) is 4.99 Å². The van der Waals surface area contributed by atoms with Crippen LogP contribution in [0, 0.1) is 0 Å². The predicted molar refractivity (Wildman–Crippen MR) is 113 cm³/mol. The molecule has 4 heterocycles. The van der Waals surface area contributed by atoms with Gasteiger partial charge in [0, 0.05) is 61.3 Å². The molecule has 1 aliphatic heterocycles. The SMILES string of the molecule is CC1=NC(CNC2CC2)(Cc2nccnc2-c2c[nH][nH]c2=O)C=C1c1cnccn1. The Morgan fingerprint density at radius 1 is 1.17 bits per heavy atom. The number of allylic oxidation sites excluding steroid dienone is 1. The van der Waals surface area contributed by atoms with Crippen LogP contribution in [0.2, 0.25) is 0 Å². The van der Waals surface area contributed by atoms with Crippen LogP contribution in [0.25, 0.3) is 16.8 Å². The first kappa shape index (κ1) is 18.6. The molecule has 9 heteroatoms. The average Bonchev–Trinajstić information content (AvgIpc) is 3.42. The Labute approximate surface area is 172 Å². The van der Waals surface area contributed by atoms with Gasteiger partial charge in [0.1, 0.15) is 0 Å². The monoisotopic (exact) mass is 402 g/mol. The standard InChI is InChI=1S/C21H22N8O/c1-13-15(18-11-22-4-5-24-18)8-21(28-13,12-26-14-2-3-14)9-17-19(25-7-6-23-17)16-10-27-29-20(16)30/h4-8,10-11,14,26H,2-3,9,12H2,1H3,(H2,27,29,30). The zero-order chi connectivity index (χ0) is 20.6. The number of nitrogens with one attached hydrogen (secondary N) is 3. The average molecular weight is 402 g/mol. The summed E-state index contributed by atoms with van der Waals surface area (Å²) in [5.41, 5.74) is 3.71. The van der Waals surface area contributed by atoms with E-state index in [9.17, 15) is 4.79 Å². The van der Waals surface area contributed by atoms with Crippen molar-refractivity contribution >= 4 is 11.3 Å². The minimum Gasteiger partial charge on any atom is -0.311 e. The molecule has 0 amide bonds. The molecular weight excluding hydrogens is 380 g/mol. The molecule has 3 aromatic heterocycles. The molecule has 152 valence electrons. The van der Waals surface area contributed by atoms with E-state index in [0.29, 0.717) is 30.3 Å². The lowest BCUT2D eigenvalue weighted by Crippen LogP contribution is -2.40. The molecule has 0 radical (unpaired) electrons. The Morgan fingerprint density at radius 3 is 2.73 bits per heavy atom. The van der Waals surface area contributed by atoms with Crippen LogP contribution in [0.5, 0.6) is 0 Å². The quantitative estimate of drug-likeness (QED) is 0.551. The van der Waals surface area contributed by atoms with Crippen LogP contribution in [-0.4, -0.2) is 54.0 Å². The molecule has 5 rings (SSSR count). The lowest BCUT2D eigenvalue weighted by atomic mass is 9.91. The van der Waals surface area contributed by atoms with E-state index in [1.165, 1.54) is 12.8 Å².